The maximum atomic E-state index is 4.71. The van der Waals surface area contributed by atoms with Crippen molar-refractivity contribution >= 4 is 47.4 Å². The molecule has 138 valence electrons. The van der Waals surface area contributed by atoms with Gasteiger partial charge in [-0.15, -0.1) is 16.4 Å². The third-order valence-corrected chi connectivity index (χ3v) is 6.55. The van der Waals surface area contributed by atoms with Gasteiger partial charge in [-0.05, 0) is 72.1 Å². The molecule has 5 rings (SSSR count). The fourth-order valence-electron chi connectivity index (χ4n) is 4.00. The van der Waals surface area contributed by atoms with Crippen molar-refractivity contribution in [2.24, 2.45) is 0 Å². The molecule has 3 nitrogen and oxygen atoms in total. The zero-order chi connectivity index (χ0) is 19.4. The van der Waals surface area contributed by atoms with Crippen LogP contribution in [-0.2, 0) is 0 Å². The van der Waals surface area contributed by atoms with E-state index in [2.05, 4.69) is 96.4 Å². The summed E-state index contributed by atoms with van der Waals surface area (Å²) < 4.78 is 5.15. The molecule has 0 N–H and O–H groups in total. The summed E-state index contributed by atoms with van der Waals surface area (Å²) in [5, 5.41) is 7.22. The highest BCUT2D eigenvalue weighted by molar-refractivity contribution is 9.10. The summed E-state index contributed by atoms with van der Waals surface area (Å²) in [5.41, 5.74) is 5.80. The Balaban J connectivity index is 1.76. The van der Waals surface area contributed by atoms with Crippen LogP contribution in [-0.4, -0.2) is 14.8 Å². The fraction of sp³-hybridized carbons (Fsp3) is 0.130. The van der Waals surface area contributed by atoms with E-state index < -0.39 is 0 Å². The molecule has 0 spiro atoms. The minimum absolute atomic E-state index is 0.595. The lowest BCUT2D eigenvalue weighted by atomic mass is 10.0. The van der Waals surface area contributed by atoms with Crippen LogP contribution in [0, 0.1) is 20.8 Å². The van der Waals surface area contributed by atoms with Crippen molar-refractivity contribution in [3.63, 3.8) is 0 Å². The molecule has 0 atom stereocenters. The van der Waals surface area contributed by atoms with E-state index in [4.69, 9.17) is 4.98 Å². The van der Waals surface area contributed by atoms with Gasteiger partial charge in [-0.1, -0.05) is 35.9 Å². The van der Waals surface area contributed by atoms with Crippen LogP contribution in [0.25, 0.3) is 37.2 Å². The third-order valence-electron chi connectivity index (χ3n) is 5.06. The number of hydrogen-bond acceptors (Lipinski definition) is 3. The molecule has 0 fully saturated rings. The van der Waals surface area contributed by atoms with Crippen LogP contribution in [0.4, 0.5) is 0 Å². The number of nitrogens with zero attached hydrogens (tertiary/aromatic N) is 3. The van der Waals surface area contributed by atoms with E-state index in [1.54, 1.807) is 0 Å². The van der Waals surface area contributed by atoms with E-state index in [1.807, 2.05) is 16.0 Å². The maximum absolute atomic E-state index is 4.71. The average Bonchev–Trinajstić information content (AvgIpc) is 3.21. The van der Waals surface area contributed by atoms with Crippen LogP contribution in [0.1, 0.15) is 16.7 Å². The van der Waals surface area contributed by atoms with Gasteiger partial charge in [0.05, 0.1) is 5.69 Å². The molecule has 0 aliphatic carbocycles. The van der Waals surface area contributed by atoms with Gasteiger partial charge in [0.2, 0.25) is 4.73 Å². The second-order valence-electron chi connectivity index (χ2n) is 7.17. The Kier molecular flexibility index (Phi) is 4.11. The summed E-state index contributed by atoms with van der Waals surface area (Å²) >= 11 is 5.31. The van der Waals surface area contributed by atoms with Gasteiger partial charge in [0.1, 0.15) is 0 Å². The number of benzene rings is 3. The smallest absolute Gasteiger partial charge is 0.212 e. The molecule has 2 aromatic heterocycles. The molecular weight excluding hydrogens is 430 g/mol. The highest BCUT2D eigenvalue weighted by Crippen LogP contribution is 2.36. The molecule has 0 bridgehead atoms. The third kappa shape index (κ3) is 2.77. The van der Waals surface area contributed by atoms with Crippen molar-refractivity contribution < 1.29 is 0 Å². The number of halogens is 1. The topological polar surface area (TPSA) is 30.7 Å². The Morgan fingerprint density at radius 3 is 2.36 bits per heavy atom. The lowest BCUT2D eigenvalue weighted by Gasteiger charge is -2.13. The van der Waals surface area contributed by atoms with Crippen molar-refractivity contribution in [1.82, 2.24) is 14.8 Å². The van der Waals surface area contributed by atoms with Gasteiger partial charge >= 0.3 is 0 Å². The van der Waals surface area contributed by atoms with Crippen LogP contribution in [0.15, 0.2) is 59.3 Å². The van der Waals surface area contributed by atoms with Crippen molar-refractivity contribution in [2.75, 3.05) is 0 Å². The Hall–Kier alpha value is -2.50. The summed E-state index contributed by atoms with van der Waals surface area (Å²) in [7, 11) is 0. The molecular formula is C23H18BrN3S. The quantitative estimate of drug-likeness (QED) is 0.291. The zero-order valence-corrected chi connectivity index (χ0v) is 18.2. The van der Waals surface area contributed by atoms with Gasteiger partial charge in [0.25, 0.3) is 0 Å². The number of thiophene rings is 1. The SMILES string of the molecule is Cc1cc(C)c(-n2nc(Br)nc2-c2ccc3sc4ccccc4c3c2)c(C)c1. The molecule has 0 unspecified atom stereocenters. The highest BCUT2D eigenvalue weighted by Gasteiger charge is 2.17. The largest absolute Gasteiger partial charge is 0.218 e. The number of fused-ring (bicyclic) bond motifs is 3. The van der Waals surface area contributed by atoms with Crippen LogP contribution < -0.4 is 0 Å². The molecule has 3 aromatic carbocycles. The monoisotopic (exact) mass is 447 g/mol. The summed E-state index contributed by atoms with van der Waals surface area (Å²) in [6.07, 6.45) is 0. The first-order chi connectivity index (χ1) is 13.5. The molecule has 0 radical (unpaired) electrons. The van der Waals surface area contributed by atoms with E-state index in [0.717, 1.165) is 17.1 Å². The van der Waals surface area contributed by atoms with Crippen molar-refractivity contribution in [3.05, 3.63) is 76.0 Å². The van der Waals surface area contributed by atoms with Gasteiger partial charge in [0, 0.05) is 25.7 Å². The van der Waals surface area contributed by atoms with Gasteiger partial charge < -0.3 is 0 Å². The Morgan fingerprint density at radius 2 is 1.57 bits per heavy atom. The van der Waals surface area contributed by atoms with E-state index in [0.29, 0.717) is 4.73 Å². The molecule has 5 heteroatoms. The predicted octanol–water partition coefficient (Wildman–Crippen LogP) is 6.99. The maximum Gasteiger partial charge on any atom is 0.218 e. The normalized spacial score (nSPS) is 11.6. The second kappa shape index (κ2) is 6.54. The highest BCUT2D eigenvalue weighted by atomic mass is 79.9. The Morgan fingerprint density at radius 1 is 0.857 bits per heavy atom. The van der Waals surface area contributed by atoms with E-state index in [-0.39, 0.29) is 0 Å². The first-order valence-electron chi connectivity index (χ1n) is 9.14. The van der Waals surface area contributed by atoms with Crippen molar-refractivity contribution in [2.45, 2.75) is 20.8 Å². The first kappa shape index (κ1) is 17.6. The summed E-state index contributed by atoms with van der Waals surface area (Å²) in [6.45, 7) is 6.38. The van der Waals surface area contributed by atoms with Gasteiger partial charge in [-0.2, -0.15) is 0 Å². The molecule has 0 aliphatic heterocycles. The zero-order valence-electron chi connectivity index (χ0n) is 15.8. The number of aromatic nitrogens is 3. The molecule has 0 aliphatic rings. The number of hydrogen-bond donors (Lipinski definition) is 0. The van der Waals surface area contributed by atoms with E-state index in [9.17, 15) is 0 Å². The average molecular weight is 448 g/mol. The molecule has 0 saturated carbocycles. The Labute approximate surface area is 175 Å². The standard InChI is InChI=1S/C23H18BrN3S/c1-13-10-14(2)21(15(3)11-13)27-22(25-23(24)26-27)16-8-9-20-18(12-16)17-6-4-5-7-19(17)28-20/h4-12H,1-3H3. The summed E-state index contributed by atoms with van der Waals surface area (Å²) in [4.78, 5) is 4.71. The minimum atomic E-state index is 0.595. The molecule has 0 saturated heterocycles. The molecule has 0 amide bonds. The fourth-order valence-corrected chi connectivity index (χ4v) is 5.41. The lowest BCUT2D eigenvalue weighted by Crippen LogP contribution is -2.05. The van der Waals surface area contributed by atoms with Gasteiger partial charge in [0.15, 0.2) is 5.82 Å². The van der Waals surface area contributed by atoms with Gasteiger partial charge in [-0.25, -0.2) is 9.67 Å². The number of rotatable bonds is 2. The van der Waals surface area contributed by atoms with E-state index in [1.165, 1.54) is 36.9 Å². The minimum Gasteiger partial charge on any atom is -0.212 e. The van der Waals surface area contributed by atoms with Crippen LogP contribution >= 0.6 is 27.3 Å². The Bertz CT molecular complexity index is 1340. The van der Waals surface area contributed by atoms with Crippen molar-refractivity contribution in [3.8, 4) is 17.1 Å². The lowest BCUT2D eigenvalue weighted by molar-refractivity contribution is 0.861. The number of aryl methyl sites for hydroxylation is 3. The first-order valence-corrected chi connectivity index (χ1v) is 10.7. The molecule has 2 heterocycles. The van der Waals surface area contributed by atoms with Crippen LogP contribution in [0.2, 0.25) is 0 Å². The van der Waals surface area contributed by atoms with Crippen LogP contribution in [0.5, 0.6) is 0 Å². The van der Waals surface area contributed by atoms with E-state index >= 15 is 0 Å². The summed E-state index contributed by atoms with van der Waals surface area (Å²) in [6, 6.07) is 19.5. The van der Waals surface area contributed by atoms with Gasteiger partial charge in [-0.3, -0.25) is 0 Å². The molecule has 28 heavy (non-hydrogen) atoms. The predicted molar refractivity (Wildman–Crippen MR) is 122 cm³/mol. The van der Waals surface area contributed by atoms with Crippen LogP contribution in [0.3, 0.4) is 0 Å². The summed E-state index contributed by atoms with van der Waals surface area (Å²) in [5.74, 6) is 0.846. The van der Waals surface area contributed by atoms with Crippen molar-refractivity contribution in [1.29, 1.82) is 0 Å². The molecule has 5 aromatic rings. The second-order valence-corrected chi connectivity index (χ2v) is 8.97.